The van der Waals surface area contributed by atoms with Crippen molar-refractivity contribution in [2.24, 2.45) is 0 Å². The Labute approximate surface area is 136 Å². The average Bonchev–Trinajstić information content (AvgIpc) is 2.59. The Morgan fingerprint density at radius 3 is 2.52 bits per heavy atom. The van der Waals surface area contributed by atoms with Crippen molar-refractivity contribution >= 4 is 11.8 Å². The third-order valence-corrected chi connectivity index (χ3v) is 3.50. The monoisotopic (exact) mass is 311 g/mol. The normalized spacial score (nSPS) is 10.1. The first-order valence-corrected chi connectivity index (χ1v) is 7.59. The highest BCUT2D eigenvalue weighted by atomic mass is 16.2. The van der Waals surface area contributed by atoms with Crippen molar-refractivity contribution < 1.29 is 9.59 Å². The van der Waals surface area contributed by atoms with Crippen molar-refractivity contribution in [1.82, 2.24) is 15.2 Å². The van der Waals surface area contributed by atoms with Crippen molar-refractivity contribution in [3.63, 3.8) is 0 Å². The first kappa shape index (κ1) is 16.7. The van der Waals surface area contributed by atoms with E-state index in [-0.39, 0.29) is 24.8 Å². The minimum atomic E-state index is -0.150. The van der Waals surface area contributed by atoms with Crippen molar-refractivity contribution in [1.29, 1.82) is 0 Å². The van der Waals surface area contributed by atoms with Crippen LogP contribution in [-0.2, 0) is 22.4 Å². The summed E-state index contributed by atoms with van der Waals surface area (Å²) in [4.78, 5) is 29.7. The van der Waals surface area contributed by atoms with Gasteiger partial charge in [-0.15, -0.1) is 0 Å². The maximum atomic E-state index is 12.0. The number of nitrogens with one attached hydrogen (secondary N) is 1. The zero-order chi connectivity index (χ0) is 16.5. The van der Waals surface area contributed by atoms with Crippen molar-refractivity contribution in [3.05, 3.63) is 66.0 Å². The number of benzene rings is 1. The third-order valence-electron chi connectivity index (χ3n) is 3.50. The molecular weight excluding hydrogens is 290 g/mol. The highest BCUT2D eigenvalue weighted by molar-refractivity contribution is 5.85. The number of rotatable bonds is 7. The van der Waals surface area contributed by atoms with Gasteiger partial charge in [0.15, 0.2) is 0 Å². The van der Waals surface area contributed by atoms with Gasteiger partial charge in [-0.05, 0) is 17.7 Å². The Kier molecular flexibility index (Phi) is 6.29. The molecule has 0 atom stereocenters. The van der Waals surface area contributed by atoms with Crippen LogP contribution in [0.25, 0.3) is 0 Å². The fourth-order valence-electron chi connectivity index (χ4n) is 2.11. The lowest BCUT2D eigenvalue weighted by Gasteiger charge is -2.17. The summed E-state index contributed by atoms with van der Waals surface area (Å²) in [7, 11) is 1.73. The molecule has 1 heterocycles. The van der Waals surface area contributed by atoms with Gasteiger partial charge in [-0.2, -0.15) is 0 Å². The lowest BCUT2D eigenvalue weighted by Crippen LogP contribution is -2.39. The number of pyridine rings is 1. The highest BCUT2D eigenvalue weighted by Gasteiger charge is 2.11. The van der Waals surface area contributed by atoms with Gasteiger partial charge < -0.3 is 10.2 Å². The van der Waals surface area contributed by atoms with Crippen molar-refractivity contribution in [3.8, 4) is 0 Å². The molecule has 0 saturated heterocycles. The van der Waals surface area contributed by atoms with Crippen LogP contribution in [0.1, 0.15) is 11.3 Å². The lowest BCUT2D eigenvalue weighted by molar-refractivity contribution is -0.131. The van der Waals surface area contributed by atoms with Crippen LogP contribution in [0.4, 0.5) is 0 Å². The fraction of sp³-hybridized carbons (Fsp3) is 0.278. The SMILES string of the molecule is CN(CCc1ccccn1)C(=O)CNC(=O)Cc1ccccc1. The van der Waals surface area contributed by atoms with E-state index < -0.39 is 0 Å². The van der Waals surface area contributed by atoms with Crippen LogP contribution in [0, 0.1) is 0 Å². The molecule has 120 valence electrons. The van der Waals surface area contributed by atoms with Gasteiger partial charge in [0.25, 0.3) is 0 Å². The van der Waals surface area contributed by atoms with E-state index in [0.717, 1.165) is 11.3 Å². The predicted molar refractivity (Wildman–Crippen MR) is 88.7 cm³/mol. The van der Waals surface area contributed by atoms with Gasteiger partial charge in [0.2, 0.25) is 11.8 Å². The van der Waals surface area contributed by atoms with E-state index in [1.165, 1.54) is 0 Å². The minimum Gasteiger partial charge on any atom is -0.347 e. The zero-order valence-electron chi connectivity index (χ0n) is 13.2. The van der Waals surface area contributed by atoms with Crippen LogP contribution in [0.5, 0.6) is 0 Å². The molecule has 0 fully saturated rings. The van der Waals surface area contributed by atoms with Gasteiger partial charge in [0.05, 0.1) is 13.0 Å². The Balaban J connectivity index is 1.70. The second-order valence-corrected chi connectivity index (χ2v) is 5.33. The van der Waals surface area contributed by atoms with Gasteiger partial charge in [-0.3, -0.25) is 14.6 Å². The molecule has 0 spiro atoms. The van der Waals surface area contributed by atoms with Gasteiger partial charge in [0.1, 0.15) is 0 Å². The molecule has 1 aromatic heterocycles. The van der Waals surface area contributed by atoms with Crippen LogP contribution < -0.4 is 5.32 Å². The number of aromatic nitrogens is 1. The molecule has 5 heteroatoms. The smallest absolute Gasteiger partial charge is 0.241 e. The summed E-state index contributed by atoms with van der Waals surface area (Å²) in [5.41, 5.74) is 1.88. The molecule has 0 aliphatic rings. The number of amides is 2. The number of hydrogen-bond donors (Lipinski definition) is 1. The van der Waals surface area contributed by atoms with E-state index >= 15 is 0 Å². The van der Waals surface area contributed by atoms with E-state index in [9.17, 15) is 9.59 Å². The molecule has 2 rings (SSSR count). The van der Waals surface area contributed by atoms with Crippen LogP contribution in [-0.4, -0.2) is 41.8 Å². The molecule has 5 nitrogen and oxygen atoms in total. The Morgan fingerprint density at radius 1 is 1.09 bits per heavy atom. The molecular formula is C18H21N3O2. The molecule has 0 aliphatic heterocycles. The lowest BCUT2D eigenvalue weighted by atomic mass is 10.1. The quantitative estimate of drug-likeness (QED) is 0.841. The highest BCUT2D eigenvalue weighted by Crippen LogP contribution is 1.99. The van der Waals surface area contributed by atoms with E-state index in [2.05, 4.69) is 10.3 Å². The molecule has 2 amide bonds. The summed E-state index contributed by atoms with van der Waals surface area (Å²) >= 11 is 0. The summed E-state index contributed by atoms with van der Waals surface area (Å²) in [5, 5.41) is 2.66. The Morgan fingerprint density at radius 2 is 1.83 bits per heavy atom. The van der Waals surface area contributed by atoms with Crippen LogP contribution in [0.3, 0.4) is 0 Å². The Bertz CT molecular complexity index is 629. The third kappa shape index (κ3) is 5.90. The summed E-state index contributed by atoms with van der Waals surface area (Å²) in [6.07, 6.45) is 2.72. The van der Waals surface area contributed by atoms with Crippen LogP contribution in [0.2, 0.25) is 0 Å². The zero-order valence-corrected chi connectivity index (χ0v) is 13.2. The van der Waals surface area contributed by atoms with E-state index in [4.69, 9.17) is 0 Å². The largest absolute Gasteiger partial charge is 0.347 e. The van der Waals surface area contributed by atoms with Crippen molar-refractivity contribution in [2.75, 3.05) is 20.1 Å². The van der Waals surface area contributed by atoms with E-state index in [0.29, 0.717) is 13.0 Å². The average molecular weight is 311 g/mol. The standard InChI is InChI=1S/C18H21N3O2/c1-21(12-10-16-9-5-6-11-19-16)18(23)14-20-17(22)13-15-7-3-2-4-8-15/h2-9,11H,10,12-14H2,1H3,(H,20,22). The van der Waals surface area contributed by atoms with Gasteiger partial charge in [-0.1, -0.05) is 36.4 Å². The summed E-state index contributed by atoms with van der Waals surface area (Å²) in [5.74, 6) is -0.259. The summed E-state index contributed by atoms with van der Waals surface area (Å²) < 4.78 is 0. The first-order valence-electron chi connectivity index (χ1n) is 7.59. The van der Waals surface area contributed by atoms with Crippen LogP contribution in [0.15, 0.2) is 54.7 Å². The number of likely N-dealkylation sites (N-methyl/N-ethyl adjacent to an activating group) is 1. The summed E-state index contributed by atoms with van der Waals surface area (Å²) in [6, 6.07) is 15.2. The van der Waals surface area contributed by atoms with E-state index in [1.807, 2.05) is 48.5 Å². The number of carbonyl (C=O) groups is 2. The maximum Gasteiger partial charge on any atom is 0.241 e. The molecule has 2 aromatic rings. The number of hydrogen-bond acceptors (Lipinski definition) is 3. The van der Waals surface area contributed by atoms with Gasteiger partial charge >= 0.3 is 0 Å². The molecule has 23 heavy (non-hydrogen) atoms. The van der Waals surface area contributed by atoms with Crippen molar-refractivity contribution in [2.45, 2.75) is 12.8 Å². The second-order valence-electron chi connectivity index (χ2n) is 5.33. The fourth-order valence-corrected chi connectivity index (χ4v) is 2.11. The maximum absolute atomic E-state index is 12.0. The molecule has 0 bridgehead atoms. The molecule has 0 radical (unpaired) electrons. The number of carbonyl (C=O) groups excluding carboxylic acids is 2. The minimum absolute atomic E-state index is 0.0182. The molecule has 0 unspecified atom stereocenters. The van der Waals surface area contributed by atoms with Gasteiger partial charge in [0, 0.05) is 31.9 Å². The van der Waals surface area contributed by atoms with Crippen LogP contribution >= 0.6 is 0 Å². The molecule has 0 saturated carbocycles. The summed E-state index contributed by atoms with van der Waals surface area (Å²) in [6.45, 7) is 0.592. The topological polar surface area (TPSA) is 62.3 Å². The molecule has 1 N–H and O–H groups in total. The Hall–Kier alpha value is -2.69. The molecule has 0 aliphatic carbocycles. The number of nitrogens with zero attached hydrogens (tertiary/aromatic N) is 2. The predicted octanol–water partition coefficient (Wildman–Crippen LogP) is 1.44. The second kappa shape index (κ2) is 8.68. The van der Waals surface area contributed by atoms with E-state index in [1.54, 1.807) is 18.1 Å². The molecule has 1 aromatic carbocycles. The first-order chi connectivity index (χ1) is 11.1. The van der Waals surface area contributed by atoms with Gasteiger partial charge in [-0.25, -0.2) is 0 Å².